The summed E-state index contributed by atoms with van der Waals surface area (Å²) in [4.78, 5) is 11.5. The van der Waals surface area contributed by atoms with Crippen molar-refractivity contribution >= 4 is 23.4 Å². The molecule has 1 aliphatic heterocycles. The summed E-state index contributed by atoms with van der Waals surface area (Å²) < 4.78 is 45.5. The molecule has 1 heterocycles. The van der Waals surface area contributed by atoms with Gasteiger partial charge in [0.1, 0.15) is 0 Å². The quantitative estimate of drug-likeness (QED) is 0.621. The molecule has 22 heavy (non-hydrogen) atoms. The minimum Gasteiger partial charge on any atom is -0.415 e. The van der Waals surface area contributed by atoms with E-state index in [9.17, 15) is 18.0 Å². The molecule has 3 nitrogen and oxygen atoms in total. The van der Waals surface area contributed by atoms with Gasteiger partial charge in [0.15, 0.2) is 0 Å². The van der Waals surface area contributed by atoms with Crippen molar-refractivity contribution in [1.82, 2.24) is 0 Å². The second-order valence-electron chi connectivity index (χ2n) is 4.79. The Labute approximate surface area is 130 Å². The normalized spacial score (nSPS) is 20.3. The highest BCUT2D eigenvalue weighted by atomic mass is 35.5. The minimum atomic E-state index is -4.89. The molecule has 0 fully saturated rings. The summed E-state index contributed by atoms with van der Waals surface area (Å²) in [6.07, 6.45) is -4.33. The SMILES string of the molecule is CCCCC#C[C@@]1(C(F)(F)F)OC(=O)Nc2ccc(Cl)cc21. The van der Waals surface area contributed by atoms with Crippen LogP contribution in [0.15, 0.2) is 18.2 Å². The fraction of sp³-hybridized carbons (Fsp3) is 0.400. The molecule has 0 saturated heterocycles. The number of halogens is 4. The Morgan fingerprint density at radius 3 is 2.77 bits per heavy atom. The van der Waals surface area contributed by atoms with Crippen molar-refractivity contribution in [2.75, 3.05) is 5.32 Å². The van der Waals surface area contributed by atoms with E-state index in [0.29, 0.717) is 6.42 Å². The van der Waals surface area contributed by atoms with Crippen molar-refractivity contribution in [2.24, 2.45) is 0 Å². The zero-order valence-corrected chi connectivity index (χ0v) is 12.4. The van der Waals surface area contributed by atoms with Crippen molar-refractivity contribution in [2.45, 2.75) is 38.0 Å². The number of amides is 1. The molecular weight excluding hydrogens is 319 g/mol. The van der Waals surface area contributed by atoms with E-state index < -0.39 is 17.9 Å². The largest absolute Gasteiger partial charge is 0.445 e. The summed E-state index contributed by atoms with van der Waals surface area (Å²) in [6.45, 7) is 1.90. The Bertz CT molecular complexity index is 648. The van der Waals surface area contributed by atoms with Gasteiger partial charge in [0, 0.05) is 17.0 Å². The van der Waals surface area contributed by atoms with E-state index in [0.717, 1.165) is 12.5 Å². The number of fused-ring (bicyclic) bond motifs is 1. The van der Waals surface area contributed by atoms with Gasteiger partial charge in [-0.25, -0.2) is 4.79 Å². The number of anilines is 1. The number of alkyl halides is 3. The van der Waals surface area contributed by atoms with Gasteiger partial charge in [0.2, 0.25) is 0 Å². The second-order valence-corrected chi connectivity index (χ2v) is 5.23. The Balaban J connectivity index is 2.60. The summed E-state index contributed by atoms with van der Waals surface area (Å²) in [5.41, 5.74) is -3.32. The number of rotatable bonds is 2. The third kappa shape index (κ3) is 3.00. The highest BCUT2D eigenvalue weighted by molar-refractivity contribution is 6.30. The van der Waals surface area contributed by atoms with Crippen LogP contribution in [0.3, 0.4) is 0 Å². The van der Waals surface area contributed by atoms with Crippen LogP contribution in [0, 0.1) is 11.8 Å². The van der Waals surface area contributed by atoms with E-state index in [1.807, 2.05) is 6.92 Å². The van der Waals surface area contributed by atoms with Crippen LogP contribution in [0.4, 0.5) is 23.7 Å². The maximum absolute atomic E-state index is 13.6. The molecule has 0 aliphatic carbocycles. The van der Waals surface area contributed by atoms with E-state index in [1.54, 1.807) is 0 Å². The van der Waals surface area contributed by atoms with Crippen LogP contribution in [0.5, 0.6) is 0 Å². The number of nitrogens with one attached hydrogen (secondary N) is 1. The predicted molar refractivity (Wildman–Crippen MR) is 76.6 cm³/mol. The van der Waals surface area contributed by atoms with Crippen LogP contribution < -0.4 is 5.32 Å². The highest BCUT2D eigenvalue weighted by Gasteiger charge is 2.61. The fourth-order valence-corrected chi connectivity index (χ4v) is 2.24. The van der Waals surface area contributed by atoms with Crippen molar-refractivity contribution in [3.63, 3.8) is 0 Å². The Hall–Kier alpha value is -1.87. The molecule has 0 unspecified atom stereocenters. The van der Waals surface area contributed by atoms with Gasteiger partial charge >= 0.3 is 12.3 Å². The predicted octanol–water partition coefficient (Wildman–Crippen LogP) is 4.85. The number of carbonyl (C=O) groups excluding carboxylic acids is 1. The standard InChI is InChI=1S/C15H13ClF3NO2/c1-2-3-4-5-8-14(15(17,18)19)11-9-10(16)6-7-12(11)20-13(21)22-14/h6-7,9H,2-4H2,1H3,(H,20,21)/t14-/m1/s1. The van der Waals surface area contributed by atoms with E-state index in [1.165, 1.54) is 12.1 Å². The number of carbonyl (C=O) groups is 1. The first-order valence-electron chi connectivity index (χ1n) is 6.67. The van der Waals surface area contributed by atoms with Gasteiger partial charge in [0.25, 0.3) is 5.60 Å². The van der Waals surface area contributed by atoms with Gasteiger partial charge in [-0.1, -0.05) is 30.9 Å². The molecule has 1 aromatic carbocycles. The lowest BCUT2D eigenvalue weighted by atomic mass is 9.90. The van der Waals surface area contributed by atoms with Crippen LogP contribution >= 0.6 is 11.6 Å². The molecule has 2 rings (SSSR count). The molecule has 7 heteroatoms. The molecule has 1 amide bonds. The van der Waals surface area contributed by atoms with Crippen LogP contribution in [0.2, 0.25) is 5.02 Å². The molecule has 1 N–H and O–H groups in total. The Kier molecular flexibility index (Phi) is 4.57. The van der Waals surface area contributed by atoms with Gasteiger partial charge < -0.3 is 4.74 Å². The molecule has 0 aromatic heterocycles. The summed E-state index contributed by atoms with van der Waals surface area (Å²) >= 11 is 5.79. The van der Waals surface area contributed by atoms with Crippen molar-refractivity contribution < 1.29 is 22.7 Å². The minimum absolute atomic E-state index is 0.0113. The highest BCUT2D eigenvalue weighted by Crippen LogP contribution is 2.47. The monoisotopic (exact) mass is 331 g/mol. The van der Waals surface area contributed by atoms with Gasteiger partial charge in [-0.05, 0) is 30.5 Å². The average Bonchev–Trinajstić information content (AvgIpc) is 2.42. The summed E-state index contributed by atoms with van der Waals surface area (Å²) in [5, 5.41) is 2.33. The topological polar surface area (TPSA) is 38.3 Å². The molecule has 0 radical (unpaired) electrons. The summed E-state index contributed by atoms with van der Waals surface area (Å²) in [6, 6.07) is 3.79. The van der Waals surface area contributed by atoms with Crippen LogP contribution in [0.1, 0.15) is 31.7 Å². The lowest BCUT2D eigenvalue weighted by Gasteiger charge is -2.35. The molecular formula is C15H13ClF3NO2. The molecule has 0 spiro atoms. The van der Waals surface area contributed by atoms with Gasteiger partial charge in [-0.15, -0.1) is 0 Å². The smallest absolute Gasteiger partial charge is 0.415 e. The fourth-order valence-electron chi connectivity index (χ4n) is 2.07. The van der Waals surface area contributed by atoms with Crippen LogP contribution in [-0.4, -0.2) is 12.3 Å². The zero-order chi connectivity index (χ0) is 16.4. The number of unbranched alkanes of at least 4 members (excludes halogenated alkanes) is 2. The molecule has 118 valence electrons. The van der Waals surface area contributed by atoms with E-state index >= 15 is 0 Å². The Morgan fingerprint density at radius 1 is 1.41 bits per heavy atom. The second kappa shape index (κ2) is 6.09. The van der Waals surface area contributed by atoms with Crippen molar-refractivity contribution in [3.8, 4) is 11.8 Å². The third-order valence-electron chi connectivity index (χ3n) is 3.16. The zero-order valence-electron chi connectivity index (χ0n) is 11.7. The first-order chi connectivity index (χ1) is 10.3. The lowest BCUT2D eigenvalue weighted by molar-refractivity contribution is -0.239. The first kappa shape index (κ1) is 16.5. The third-order valence-corrected chi connectivity index (χ3v) is 3.40. The average molecular weight is 332 g/mol. The van der Waals surface area contributed by atoms with Crippen molar-refractivity contribution in [1.29, 1.82) is 0 Å². The Morgan fingerprint density at radius 2 is 2.14 bits per heavy atom. The number of benzene rings is 1. The lowest BCUT2D eigenvalue weighted by Crippen LogP contribution is -2.49. The summed E-state index contributed by atoms with van der Waals surface area (Å²) in [7, 11) is 0. The van der Waals surface area contributed by atoms with Gasteiger partial charge in [-0.3, -0.25) is 5.32 Å². The molecule has 1 aromatic rings. The van der Waals surface area contributed by atoms with E-state index in [-0.39, 0.29) is 22.7 Å². The van der Waals surface area contributed by atoms with Gasteiger partial charge in [-0.2, -0.15) is 13.2 Å². The van der Waals surface area contributed by atoms with Crippen LogP contribution in [-0.2, 0) is 10.3 Å². The van der Waals surface area contributed by atoms with Gasteiger partial charge in [0.05, 0.1) is 5.69 Å². The maximum atomic E-state index is 13.6. The van der Waals surface area contributed by atoms with Crippen molar-refractivity contribution in [3.05, 3.63) is 28.8 Å². The number of hydrogen-bond donors (Lipinski definition) is 1. The first-order valence-corrected chi connectivity index (χ1v) is 7.04. The molecule has 1 aliphatic rings. The number of cyclic esters (lactones) is 1. The molecule has 0 saturated carbocycles. The number of ether oxygens (including phenoxy) is 1. The molecule has 1 atom stereocenters. The molecule has 0 bridgehead atoms. The van der Waals surface area contributed by atoms with Crippen LogP contribution in [0.25, 0.3) is 0 Å². The summed E-state index contributed by atoms with van der Waals surface area (Å²) in [5.74, 6) is 4.57. The van der Waals surface area contributed by atoms with E-state index in [2.05, 4.69) is 21.9 Å². The maximum Gasteiger partial charge on any atom is 0.445 e. The van der Waals surface area contributed by atoms with E-state index in [4.69, 9.17) is 11.6 Å². The number of hydrogen-bond acceptors (Lipinski definition) is 2.